The lowest BCUT2D eigenvalue weighted by Gasteiger charge is -2.05. The molecule has 0 saturated heterocycles. The third kappa shape index (κ3) is 2.72. The van der Waals surface area contributed by atoms with Crippen LogP contribution >= 0.6 is 0 Å². The minimum Gasteiger partial charge on any atom is -0.456 e. The number of aromatic nitrogens is 2. The summed E-state index contributed by atoms with van der Waals surface area (Å²) in [6.07, 6.45) is 2.05. The number of pyridine rings is 1. The molecule has 0 aliphatic rings. The highest BCUT2D eigenvalue weighted by atomic mass is 16.3. The summed E-state index contributed by atoms with van der Waals surface area (Å²) in [4.78, 5) is 4.84. The zero-order valence-electron chi connectivity index (χ0n) is 19.5. The smallest absolute Gasteiger partial charge is 0.137 e. The Labute approximate surface area is 206 Å². The van der Waals surface area contributed by atoms with E-state index < -0.39 is 0 Å². The van der Waals surface area contributed by atoms with E-state index >= 15 is 0 Å². The minimum absolute atomic E-state index is 0.874. The molecule has 0 radical (unpaired) electrons. The van der Waals surface area contributed by atoms with Crippen LogP contribution in [0.2, 0.25) is 0 Å². The number of benzene rings is 4. The lowest BCUT2D eigenvalue weighted by molar-refractivity contribution is 0.664. The Hall–Kier alpha value is -4.83. The number of hydrogen-bond donors (Lipinski definition) is 0. The van der Waals surface area contributed by atoms with Gasteiger partial charge in [-0.05, 0) is 60.5 Å². The summed E-state index contributed by atoms with van der Waals surface area (Å²) in [5.74, 6) is 0. The zero-order valence-corrected chi connectivity index (χ0v) is 19.5. The first-order valence-corrected chi connectivity index (χ1v) is 12.0. The van der Waals surface area contributed by atoms with Crippen LogP contribution in [0.3, 0.4) is 0 Å². The Bertz CT molecular complexity index is 2110. The molecule has 0 aliphatic carbocycles. The second-order valence-corrected chi connectivity index (χ2v) is 9.31. The van der Waals surface area contributed by atoms with Crippen LogP contribution < -0.4 is 0 Å². The van der Waals surface area contributed by atoms with Gasteiger partial charge in [-0.25, -0.2) is 4.98 Å². The molecule has 4 heterocycles. The van der Waals surface area contributed by atoms with Crippen LogP contribution in [0.4, 0.5) is 0 Å². The Kier molecular flexibility index (Phi) is 3.84. The van der Waals surface area contributed by atoms with E-state index in [1.165, 1.54) is 0 Å². The molecule has 0 atom stereocenters. The standard InChI is InChI=1S/C32H20N2O2/c1-19-32(33-31-8-4-5-15-34(19)31)21-11-9-20(10-12-21)22-13-14-28-24(16-22)26-18-29-25(17-30(26)36-28)23-6-2-3-7-27(23)35-29/h2-18H,1H3. The number of rotatable bonds is 2. The molecular weight excluding hydrogens is 444 g/mol. The van der Waals surface area contributed by atoms with E-state index in [9.17, 15) is 0 Å². The number of imidazole rings is 1. The lowest BCUT2D eigenvalue weighted by Crippen LogP contribution is -1.86. The molecule has 4 aromatic carbocycles. The first kappa shape index (κ1) is 19.5. The van der Waals surface area contributed by atoms with Crippen LogP contribution in [0.25, 0.3) is 71.9 Å². The van der Waals surface area contributed by atoms with Crippen molar-refractivity contribution in [3.05, 3.63) is 109 Å². The van der Waals surface area contributed by atoms with E-state index in [2.05, 4.69) is 78.2 Å². The maximum atomic E-state index is 6.24. The fourth-order valence-electron chi connectivity index (χ4n) is 5.39. The number of aryl methyl sites for hydroxylation is 1. The van der Waals surface area contributed by atoms with Gasteiger partial charge in [0.2, 0.25) is 0 Å². The van der Waals surface area contributed by atoms with Crippen LogP contribution in [-0.2, 0) is 0 Å². The Morgan fingerprint density at radius 1 is 0.556 bits per heavy atom. The number of nitrogens with zero attached hydrogens (tertiary/aromatic N) is 2. The van der Waals surface area contributed by atoms with Crippen molar-refractivity contribution < 1.29 is 8.83 Å². The van der Waals surface area contributed by atoms with E-state index in [0.717, 1.165) is 77.6 Å². The molecule has 170 valence electrons. The third-order valence-electron chi connectivity index (χ3n) is 7.23. The molecule has 0 saturated carbocycles. The fourth-order valence-corrected chi connectivity index (χ4v) is 5.39. The first-order valence-electron chi connectivity index (χ1n) is 12.0. The second-order valence-electron chi connectivity index (χ2n) is 9.31. The van der Waals surface area contributed by atoms with Gasteiger partial charge >= 0.3 is 0 Å². The molecule has 4 nitrogen and oxygen atoms in total. The second kappa shape index (κ2) is 7.09. The SMILES string of the molecule is Cc1c(-c2ccc(-c3ccc4oc5cc6c(cc5c4c3)oc3ccccc36)cc2)nc2ccccn12. The third-order valence-corrected chi connectivity index (χ3v) is 7.23. The summed E-state index contributed by atoms with van der Waals surface area (Å²) in [5, 5.41) is 4.34. The Morgan fingerprint density at radius 2 is 1.19 bits per heavy atom. The van der Waals surface area contributed by atoms with Gasteiger partial charge < -0.3 is 13.2 Å². The molecule has 8 aromatic rings. The minimum atomic E-state index is 0.874. The van der Waals surface area contributed by atoms with Gasteiger partial charge in [0.25, 0.3) is 0 Å². The molecule has 0 bridgehead atoms. The topological polar surface area (TPSA) is 43.6 Å². The molecule has 4 aromatic heterocycles. The first-order chi connectivity index (χ1) is 17.7. The molecule has 4 heteroatoms. The summed E-state index contributed by atoms with van der Waals surface area (Å²) in [6.45, 7) is 2.11. The largest absolute Gasteiger partial charge is 0.456 e. The Balaban J connectivity index is 1.24. The van der Waals surface area contributed by atoms with Gasteiger partial charge in [0.1, 0.15) is 28.0 Å². The highest BCUT2D eigenvalue weighted by Gasteiger charge is 2.14. The molecule has 0 N–H and O–H groups in total. The van der Waals surface area contributed by atoms with Crippen LogP contribution in [0.15, 0.2) is 112 Å². The normalized spacial score (nSPS) is 12.0. The highest BCUT2D eigenvalue weighted by molar-refractivity contribution is 6.15. The number of hydrogen-bond acceptors (Lipinski definition) is 3. The van der Waals surface area contributed by atoms with Crippen LogP contribution in [0, 0.1) is 6.92 Å². The summed E-state index contributed by atoms with van der Waals surface area (Å²) < 4.78 is 14.5. The van der Waals surface area contributed by atoms with Gasteiger partial charge in [0, 0.05) is 39.0 Å². The van der Waals surface area contributed by atoms with Crippen molar-refractivity contribution in [3.63, 3.8) is 0 Å². The maximum Gasteiger partial charge on any atom is 0.137 e. The highest BCUT2D eigenvalue weighted by Crippen LogP contribution is 2.38. The van der Waals surface area contributed by atoms with Gasteiger partial charge in [-0.1, -0.05) is 54.6 Å². The quantitative estimate of drug-likeness (QED) is 0.257. The molecule has 0 unspecified atom stereocenters. The van der Waals surface area contributed by atoms with Crippen molar-refractivity contribution >= 4 is 49.5 Å². The van der Waals surface area contributed by atoms with Gasteiger partial charge in [-0.15, -0.1) is 0 Å². The molecule has 0 fully saturated rings. The van der Waals surface area contributed by atoms with Gasteiger partial charge in [-0.3, -0.25) is 0 Å². The monoisotopic (exact) mass is 464 g/mol. The van der Waals surface area contributed by atoms with Crippen LogP contribution in [0.1, 0.15) is 5.69 Å². The van der Waals surface area contributed by atoms with E-state index in [1.54, 1.807) is 0 Å². The molecule has 0 aliphatic heterocycles. The molecule has 36 heavy (non-hydrogen) atoms. The van der Waals surface area contributed by atoms with Gasteiger partial charge in [0.05, 0.1) is 5.69 Å². The van der Waals surface area contributed by atoms with E-state index in [1.807, 2.05) is 36.4 Å². The maximum absolute atomic E-state index is 6.24. The predicted molar refractivity (Wildman–Crippen MR) is 145 cm³/mol. The molecular formula is C32H20N2O2. The van der Waals surface area contributed by atoms with Crippen LogP contribution in [-0.4, -0.2) is 9.38 Å². The van der Waals surface area contributed by atoms with Crippen LogP contribution in [0.5, 0.6) is 0 Å². The average Bonchev–Trinajstić information content (AvgIpc) is 3.58. The molecule has 0 spiro atoms. The van der Waals surface area contributed by atoms with Crippen molar-refractivity contribution in [2.24, 2.45) is 0 Å². The summed E-state index contributed by atoms with van der Waals surface area (Å²) in [6, 6.07) is 33.4. The molecule has 8 rings (SSSR count). The number of furan rings is 2. The van der Waals surface area contributed by atoms with Crippen molar-refractivity contribution in [2.45, 2.75) is 6.92 Å². The van der Waals surface area contributed by atoms with E-state index in [-0.39, 0.29) is 0 Å². The van der Waals surface area contributed by atoms with Gasteiger partial charge in [-0.2, -0.15) is 0 Å². The predicted octanol–water partition coefficient (Wildman–Crippen LogP) is 8.78. The van der Waals surface area contributed by atoms with Crippen molar-refractivity contribution in [3.8, 4) is 22.4 Å². The fraction of sp³-hybridized carbons (Fsp3) is 0.0312. The summed E-state index contributed by atoms with van der Waals surface area (Å²) in [5.41, 5.74) is 10.1. The molecule has 0 amide bonds. The van der Waals surface area contributed by atoms with Crippen molar-refractivity contribution in [1.82, 2.24) is 9.38 Å². The lowest BCUT2D eigenvalue weighted by atomic mass is 10.00. The number of fused-ring (bicyclic) bond motifs is 7. The van der Waals surface area contributed by atoms with Gasteiger partial charge in [0.15, 0.2) is 0 Å². The summed E-state index contributed by atoms with van der Waals surface area (Å²) >= 11 is 0. The van der Waals surface area contributed by atoms with Crippen molar-refractivity contribution in [1.29, 1.82) is 0 Å². The van der Waals surface area contributed by atoms with E-state index in [0.29, 0.717) is 0 Å². The van der Waals surface area contributed by atoms with Crippen molar-refractivity contribution in [2.75, 3.05) is 0 Å². The van der Waals surface area contributed by atoms with E-state index in [4.69, 9.17) is 13.8 Å². The summed E-state index contributed by atoms with van der Waals surface area (Å²) in [7, 11) is 0. The number of para-hydroxylation sites is 1. The Morgan fingerprint density at radius 3 is 2.00 bits per heavy atom. The zero-order chi connectivity index (χ0) is 23.8. The average molecular weight is 465 g/mol.